The Morgan fingerprint density at radius 2 is 2.00 bits per heavy atom. The maximum atomic E-state index is 11.9. The molecule has 110 valence electrons. The van der Waals surface area contributed by atoms with Crippen molar-refractivity contribution in [2.24, 2.45) is 0 Å². The maximum Gasteiger partial charge on any atom is 0.262 e. The van der Waals surface area contributed by atoms with Crippen molar-refractivity contribution in [1.29, 1.82) is 0 Å². The summed E-state index contributed by atoms with van der Waals surface area (Å²) in [5.74, 6) is 0.525. The molecular weight excluding hydrogens is 379 g/mol. The fraction of sp³-hybridized carbons (Fsp3) is 0.188. The number of hydrogen-bond donors (Lipinski definition) is 2. The van der Waals surface area contributed by atoms with Crippen LogP contribution >= 0.6 is 22.6 Å². The maximum absolute atomic E-state index is 11.9. The quantitative estimate of drug-likeness (QED) is 0.739. The van der Waals surface area contributed by atoms with E-state index in [1.165, 1.54) is 0 Å². The highest BCUT2D eigenvalue weighted by atomic mass is 127. The van der Waals surface area contributed by atoms with Crippen molar-refractivity contribution in [3.63, 3.8) is 0 Å². The molecule has 0 saturated heterocycles. The van der Waals surface area contributed by atoms with E-state index in [0.29, 0.717) is 5.75 Å². The highest BCUT2D eigenvalue weighted by Crippen LogP contribution is 2.14. The summed E-state index contributed by atoms with van der Waals surface area (Å²) in [5, 5.41) is 5.89. The molecule has 5 heteroatoms. The van der Waals surface area contributed by atoms with E-state index in [4.69, 9.17) is 4.74 Å². The Morgan fingerprint density at radius 3 is 2.76 bits per heavy atom. The number of hydrogen-bond acceptors (Lipinski definition) is 3. The Hall–Kier alpha value is -1.60. The van der Waals surface area contributed by atoms with Crippen molar-refractivity contribution in [3.05, 3.63) is 57.7 Å². The lowest BCUT2D eigenvalue weighted by molar-refractivity contribution is -0.118. The number of halogens is 1. The van der Waals surface area contributed by atoms with E-state index in [-0.39, 0.29) is 12.5 Å². The average Bonchev–Trinajstić information content (AvgIpc) is 2.46. The summed E-state index contributed by atoms with van der Waals surface area (Å²) >= 11 is 2.21. The van der Waals surface area contributed by atoms with Gasteiger partial charge in [0.15, 0.2) is 6.61 Å². The molecule has 0 radical (unpaired) electrons. The van der Waals surface area contributed by atoms with Crippen LogP contribution in [0.3, 0.4) is 0 Å². The highest BCUT2D eigenvalue weighted by molar-refractivity contribution is 14.1. The summed E-state index contributed by atoms with van der Waals surface area (Å²) < 4.78 is 6.59. The summed E-state index contributed by atoms with van der Waals surface area (Å²) in [6, 6.07) is 15.3. The predicted octanol–water partition coefficient (Wildman–Crippen LogP) is 3.03. The molecule has 21 heavy (non-hydrogen) atoms. The minimum atomic E-state index is -0.170. The Bertz CT molecular complexity index is 617. The van der Waals surface area contributed by atoms with Gasteiger partial charge in [-0.25, -0.2) is 0 Å². The Kier molecular flexibility index (Phi) is 6.01. The monoisotopic (exact) mass is 396 g/mol. The second-order valence-electron chi connectivity index (χ2n) is 4.52. The molecule has 0 atom stereocenters. The molecule has 0 aliphatic carbocycles. The molecule has 0 aliphatic heterocycles. The highest BCUT2D eigenvalue weighted by Gasteiger charge is 2.04. The third kappa shape index (κ3) is 5.35. The second-order valence-corrected chi connectivity index (χ2v) is 5.77. The van der Waals surface area contributed by atoms with Crippen molar-refractivity contribution in [2.75, 3.05) is 19.0 Å². The molecule has 0 aromatic heterocycles. The van der Waals surface area contributed by atoms with Gasteiger partial charge in [-0.3, -0.25) is 4.79 Å². The van der Waals surface area contributed by atoms with E-state index in [9.17, 15) is 4.79 Å². The largest absolute Gasteiger partial charge is 0.484 e. The molecule has 0 saturated carbocycles. The van der Waals surface area contributed by atoms with E-state index in [0.717, 1.165) is 21.4 Å². The first kappa shape index (κ1) is 15.8. The zero-order valence-corrected chi connectivity index (χ0v) is 13.9. The molecule has 0 spiro atoms. The van der Waals surface area contributed by atoms with Crippen LogP contribution < -0.4 is 15.4 Å². The molecule has 4 nitrogen and oxygen atoms in total. The number of nitrogens with one attached hydrogen (secondary N) is 2. The molecule has 0 heterocycles. The lowest BCUT2D eigenvalue weighted by Crippen LogP contribution is -2.20. The summed E-state index contributed by atoms with van der Waals surface area (Å²) in [6.45, 7) is 0.764. The number of carbonyl (C=O) groups is 1. The second kappa shape index (κ2) is 7.99. The smallest absolute Gasteiger partial charge is 0.262 e. The van der Waals surface area contributed by atoms with Crippen LogP contribution in [0.5, 0.6) is 5.75 Å². The van der Waals surface area contributed by atoms with Crippen molar-refractivity contribution in [1.82, 2.24) is 5.32 Å². The van der Waals surface area contributed by atoms with E-state index < -0.39 is 0 Å². The van der Waals surface area contributed by atoms with Crippen molar-refractivity contribution in [2.45, 2.75) is 6.54 Å². The van der Waals surface area contributed by atoms with Crippen LogP contribution in [0.2, 0.25) is 0 Å². The lowest BCUT2D eigenvalue weighted by atomic mass is 10.2. The summed E-state index contributed by atoms with van der Waals surface area (Å²) in [6.07, 6.45) is 0. The van der Waals surface area contributed by atoms with Gasteiger partial charge < -0.3 is 15.4 Å². The number of benzene rings is 2. The molecule has 0 unspecified atom stereocenters. The molecule has 2 aromatic carbocycles. The number of amides is 1. The van der Waals surface area contributed by atoms with Gasteiger partial charge in [0.1, 0.15) is 5.75 Å². The number of anilines is 1. The van der Waals surface area contributed by atoms with Gasteiger partial charge in [-0.15, -0.1) is 0 Å². The molecule has 0 bridgehead atoms. The molecule has 2 N–H and O–H groups in total. The van der Waals surface area contributed by atoms with E-state index in [1.807, 2.05) is 55.6 Å². The number of ether oxygens (including phenoxy) is 1. The molecule has 2 aromatic rings. The Morgan fingerprint density at radius 1 is 1.19 bits per heavy atom. The van der Waals surface area contributed by atoms with E-state index >= 15 is 0 Å². The van der Waals surface area contributed by atoms with Crippen LogP contribution in [0.15, 0.2) is 48.5 Å². The van der Waals surface area contributed by atoms with Gasteiger partial charge >= 0.3 is 0 Å². The minimum absolute atomic E-state index is 0.00548. The van der Waals surface area contributed by atoms with E-state index in [1.54, 1.807) is 0 Å². The summed E-state index contributed by atoms with van der Waals surface area (Å²) in [7, 11) is 1.89. The molecule has 1 amide bonds. The van der Waals surface area contributed by atoms with Crippen LogP contribution in [-0.2, 0) is 11.3 Å². The summed E-state index contributed by atoms with van der Waals surface area (Å²) in [4.78, 5) is 11.9. The number of carbonyl (C=O) groups excluding carboxylic acids is 1. The van der Waals surface area contributed by atoms with Crippen LogP contribution in [0, 0.1) is 3.57 Å². The Labute approximate surface area is 138 Å². The van der Waals surface area contributed by atoms with Gasteiger partial charge in [-0.05, 0) is 65.5 Å². The van der Waals surface area contributed by atoms with E-state index in [2.05, 4.69) is 33.2 Å². The minimum Gasteiger partial charge on any atom is -0.484 e. The zero-order valence-electron chi connectivity index (χ0n) is 11.7. The third-order valence-corrected chi connectivity index (χ3v) is 3.43. The fourth-order valence-corrected chi connectivity index (χ4v) is 2.40. The van der Waals surface area contributed by atoms with Gasteiger partial charge in [0.05, 0.1) is 0 Å². The fourth-order valence-electron chi connectivity index (χ4n) is 1.86. The number of rotatable bonds is 6. The summed E-state index contributed by atoms with van der Waals surface area (Å²) in [5.41, 5.74) is 1.90. The van der Waals surface area contributed by atoms with Crippen molar-refractivity contribution < 1.29 is 9.53 Å². The lowest BCUT2D eigenvalue weighted by Gasteiger charge is -2.09. The first-order chi connectivity index (χ1) is 10.2. The average molecular weight is 396 g/mol. The third-order valence-electron chi connectivity index (χ3n) is 2.76. The molecule has 0 fully saturated rings. The topological polar surface area (TPSA) is 50.4 Å². The van der Waals surface area contributed by atoms with Gasteiger partial charge in [0, 0.05) is 15.8 Å². The van der Waals surface area contributed by atoms with Crippen LogP contribution in [-0.4, -0.2) is 19.6 Å². The van der Waals surface area contributed by atoms with Crippen molar-refractivity contribution in [3.8, 4) is 5.75 Å². The van der Waals surface area contributed by atoms with Gasteiger partial charge in [-0.2, -0.15) is 0 Å². The zero-order chi connectivity index (χ0) is 15.1. The molecule has 0 aliphatic rings. The van der Waals surface area contributed by atoms with Crippen LogP contribution in [0.1, 0.15) is 5.56 Å². The standard InChI is InChI=1S/C16H17IN2O2/c1-18-10-12-4-2-7-15(8-12)21-11-16(20)19-14-6-3-5-13(17)9-14/h2-9,18H,10-11H2,1H3,(H,19,20). The Balaban J connectivity index is 1.87. The normalized spacial score (nSPS) is 10.2. The predicted molar refractivity (Wildman–Crippen MR) is 92.5 cm³/mol. The SMILES string of the molecule is CNCc1cccc(OCC(=O)Nc2cccc(I)c2)c1. The molecule has 2 rings (SSSR count). The first-order valence-electron chi connectivity index (χ1n) is 6.59. The van der Waals surface area contributed by atoms with Gasteiger partial charge in [0.25, 0.3) is 5.91 Å². The van der Waals surface area contributed by atoms with Crippen LogP contribution in [0.25, 0.3) is 0 Å². The van der Waals surface area contributed by atoms with Crippen molar-refractivity contribution >= 4 is 34.2 Å². The van der Waals surface area contributed by atoms with Crippen LogP contribution in [0.4, 0.5) is 5.69 Å². The molecular formula is C16H17IN2O2. The van der Waals surface area contributed by atoms with Gasteiger partial charge in [0.2, 0.25) is 0 Å². The first-order valence-corrected chi connectivity index (χ1v) is 7.67. The van der Waals surface area contributed by atoms with Gasteiger partial charge in [-0.1, -0.05) is 18.2 Å².